The molecule has 2 rings (SSSR count). The molecule has 0 aliphatic carbocycles. The van der Waals surface area contributed by atoms with Gasteiger partial charge in [0.05, 0.1) is 0 Å². The Hall–Kier alpha value is -1.25. The molecular weight excluding hydrogens is 200 g/mol. The van der Waals surface area contributed by atoms with Crippen molar-refractivity contribution in [3.05, 3.63) is 23.0 Å². The molecule has 0 bridgehead atoms. The third-order valence-electron chi connectivity index (χ3n) is 3.31. The van der Waals surface area contributed by atoms with Crippen molar-refractivity contribution in [2.24, 2.45) is 5.92 Å². The molecule has 1 amide bonds. The Morgan fingerprint density at radius 3 is 2.94 bits per heavy atom. The van der Waals surface area contributed by atoms with E-state index in [9.17, 15) is 4.79 Å². The van der Waals surface area contributed by atoms with Crippen LogP contribution >= 0.6 is 0 Å². The van der Waals surface area contributed by atoms with Gasteiger partial charge in [-0.3, -0.25) is 4.79 Å². The number of carbonyl (C=O) groups excluding carboxylic acids is 1. The first kappa shape index (κ1) is 11.2. The van der Waals surface area contributed by atoms with Crippen molar-refractivity contribution in [3.8, 4) is 0 Å². The highest BCUT2D eigenvalue weighted by Crippen LogP contribution is 2.22. The Morgan fingerprint density at radius 1 is 1.50 bits per heavy atom. The summed E-state index contributed by atoms with van der Waals surface area (Å²) in [5.74, 6) is 0.370. The summed E-state index contributed by atoms with van der Waals surface area (Å²) in [6.07, 6.45) is 4.17. The van der Waals surface area contributed by atoms with Crippen LogP contribution in [0.4, 0.5) is 0 Å². The maximum atomic E-state index is 12.0. The van der Waals surface area contributed by atoms with E-state index in [-0.39, 0.29) is 11.8 Å². The van der Waals surface area contributed by atoms with Crippen molar-refractivity contribution in [2.45, 2.75) is 40.2 Å². The second-order valence-electron chi connectivity index (χ2n) is 4.95. The molecule has 0 fully saturated rings. The maximum absolute atomic E-state index is 12.0. The molecule has 0 spiro atoms. The van der Waals surface area contributed by atoms with Crippen LogP contribution in [-0.4, -0.2) is 22.3 Å². The van der Waals surface area contributed by atoms with Crippen LogP contribution in [0.1, 0.15) is 37.1 Å². The molecule has 0 aromatic carbocycles. The van der Waals surface area contributed by atoms with E-state index in [2.05, 4.69) is 11.9 Å². The zero-order valence-corrected chi connectivity index (χ0v) is 10.3. The summed E-state index contributed by atoms with van der Waals surface area (Å²) in [5.41, 5.74) is 3.92. The standard InChI is InChI=1S/C13H20N2O/c1-9(2)13(16)15-6-4-5-12-11(8-15)10(3)7-14-12/h7,9,14H,4-6,8H2,1-3H3. The summed E-state index contributed by atoms with van der Waals surface area (Å²) in [5, 5.41) is 0. The number of aromatic nitrogens is 1. The van der Waals surface area contributed by atoms with E-state index in [4.69, 9.17) is 0 Å². The molecule has 3 heteroatoms. The number of amides is 1. The van der Waals surface area contributed by atoms with Gasteiger partial charge in [-0.25, -0.2) is 0 Å². The Labute approximate surface area is 96.8 Å². The van der Waals surface area contributed by atoms with Gasteiger partial charge in [-0.1, -0.05) is 13.8 Å². The maximum Gasteiger partial charge on any atom is 0.225 e. The normalized spacial score (nSPS) is 16.1. The lowest BCUT2D eigenvalue weighted by molar-refractivity contribution is -0.135. The zero-order chi connectivity index (χ0) is 11.7. The molecule has 0 atom stereocenters. The molecule has 1 aromatic rings. The van der Waals surface area contributed by atoms with E-state index in [1.165, 1.54) is 16.8 Å². The van der Waals surface area contributed by atoms with Crippen LogP contribution < -0.4 is 0 Å². The molecule has 0 radical (unpaired) electrons. The SMILES string of the molecule is Cc1c[nH]c2c1CN(C(=O)C(C)C)CCC2. The topological polar surface area (TPSA) is 36.1 Å². The van der Waals surface area contributed by atoms with Crippen LogP contribution in [0.5, 0.6) is 0 Å². The molecule has 1 aliphatic heterocycles. The lowest BCUT2D eigenvalue weighted by atomic mass is 10.1. The second-order valence-corrected chi connectivity index (χ2v) is 4.95. The molecule has 0 saturated carbocycles. The number of aryl methyl sites for hydroxylation is 2. The molecule has 1 N–H and O–H groups in total. The minimum Gasteiger partial charge on any atom is -0.364 e. The Balaban J connectivity index is 2.22. The number of nitrogens with zero attached hydrogens (tertiary/aromatic N) is 1. The van der Waals surface area contributed by atoms with Crippen molar-refractivity contribution in [2.75, 3.05) is 6.54 Å². The fourth-order valence-corrected chi connectivity index (χ4v) is 2.32. The molecular formula is C13H20N2O. The van der Waals surface area contributed by atoms with E-state index in [1.807, 2.05) is 24.9 Å². The van der Waals surface area contributed by atoms with Crippen LogP contribution in [0.2, 0.25) is 0 Å². The Morgan fingerprint density at radius 2 is 2.25 bits per heavy atom. The number of carbonyl (C=O) groups is 1. The smallest absolute Gasteiger partial charge is 0.225 e. The average Bonchev–Trinajstić information content (AvgIpc) is 2.50. The third-order valence-corrected chi connectivity index (χ3v) is 3.31. The van der Waals surface area contributed by atoms with Crippen LogP contribution in [0.3, 0.4) is 0 Å². The van der Waals surface area contributed by atoms with Crippen LogP contribution in [-0.2, 0) is 17.8 Å². The van der Waals surface area contributed by atoms with Gasteiger partial charge in [0, 0.05) is 30.9 Å². The summed E-state index contributed by atoms with van der Waals surface area (Å²) in [4.78, 5) is 17.3. The summed E-state index contributed by atoms with van der Waals surface area (Å²) in [6, 6.07) is 0. The molecule has 1 aliphatic rings. The van der Waals surface area contributed by atoms with Gasteiger partial charge >= 0.3 is 0 Å². The number of hydrogen-bond acceptors (Lipinski definition) is 1. The first-order valence-corrected chi connectivity index (χ1v) is 6.04. The summed E-state index contributed by atoms with van der Waals surface area (Å²) >= 11 is 0. The first-order valence-electron chi connectivity index (χ1n) is 6.04. The molecule has 16 heavy (non-hydrogen) atoms. The molecule has 2 heterocycles. The van der Waals surface area contributed by atoms with Gasteiger partial charge in [-0.05, 0) is 30.9 Å². The number of H-pyrrole nitrogens is 1. The monoisotopic (exact) mass is 220 g/mol. The van der Waals surface area contributed by atoms with Crippen molar-refractivity contribution < 1.29 is 4.79 Å². The van der Waals surface area contributed by atoms with E-state index in [0.717, 1.165) is 25.9 Å². The highest BCUT2D eigenvalue weighted by atomic mass is 16.2. The van der Waals surface area contributed by atoms with Gasteiger partial charge in [0.25, 0.3) is 0 Å². The average molecular weight is 220 g/mol. The van der Waals surface area contributed by atoms with E-state index in [1.54, 1.807) is 0 Å². The van der Waals surface area contributed by atoms with Gasteiger partial charge in [0.15, 0.2) is 0 Å². The minimum absolute atomic E-state index is 0.0980. The van der Waals surface area contributed by atoms with Crippen LogP contribution in [0, 0.1) is 12.8 Å². The van der Waals surface area contributed by atoms with Crippen molar-refractivity contribution >= 4 is 5.91 Å². The van der Waals surface area contributed by atoms with Gasteiger partial charge in [-0.2, -0.15) is 0 Å². The number of rotatable bonds is 1. The van der Waals surface area contributed by atoms with Gasteiger partial charge in [0.1, 0.15) is 0 Å². The van der Waals surface area contributed by atoms with E-state index < -0.39 is 0 Å². The van der Waals surface area contributed by atoms with Crippen molar-refractivity contribution in [3.63, 3.8) is 0 Å². The van der Waals surface area contributed by atoms with E-state index in [0.29, 0.717) is 0 Å². The highest BCUT2D eigenvalue weighted by molar-refractivity contribution is 5.78. The van der Waals surface area contributed by atoms with Gasteiger partial charge in [0.2, 0.25) is 5.91 Å². The van der Waals surface area contributed by atoms with Gasteiger partial charge in [-0.15, -0.1) is 0 Å². The fourth-order valence-electron chi connectivity index (χ4n) is 2.32. The predicted octanol–water partition coefficient (Wildman–Crippen LogP) is 2.25. The lowest BCUT2D eigenvalue weighted by Crippen LogP contribution is -2.33. The third kappa shape index (κ3) is 1.99. The molecule has 0 saturated heterocycles. The number of nitrogens with one attached hydrogen (secondary N) is 1. The van der Waals surface area contributed by atoms with Crippen LogP contribution in [0.15, 0.2) is 6.20 Å². The lowest BCUT2D eigenvalue weighted by Gasteiger charge is -2.22. The summed E-state index contributed by atoms with van der Waals surface area (Å²) < 4.78 is 0. The fraction of sp³-hybridized carbons (Fsp3) is 0.615. The van der Waals surface area contributed by atoms with E-state index >= 15 is 0 Å². The molecule has 3 nitrogen and oxygen atoms in total. The van der Waals surface area contributed by atoms with Gasteiger partial charge < -0.3 is 9.88 Å². The summed E-state index contributed by atoms with van der Waals surface area (Å²) in [6.45, 7) is 7.72. The van der Waals surface area contributed by atoms with Crippen LogP contribution in [0.25, 0.3) is 0 Å². The quantitative estimate of drug-likeness (QED) is 0.774. The Kier molecular flexibility index (Phi) is 3.03. The predicted molar refractivity (Wildman–Crippen MR) is 64.1 cm³/mol. The number of fused-ring (bicyclic) bond motifs is 1. The van der Waals surface area contributed by atoms with Crippen molar-refractivity contribution in [1.82, 2.24) is 9.88 Å². The number of aromatic amines is 1. The Bertz CT molecular complexity index is 393. The van der Waals surface area contributed by atoms with Crippen molar-refractivity contribution in [1.29, 1.82) is 0 Å². The largest absolute Gasteiger partial charge is 0.364 e. The minimum atomic E-state index is 0.0980. The summed E-state index contributed by atoms with van der Waals surface area (Å²) in [7, 11) is 0. The molecule has 1 aromatic heterocycles. The zero-order valence-electron chi connectivity index (χ0n) is 10.3. The first-order chi connectivity index (χ1) is 7.59. The molecule has 88 valence electrons. The highest BCUT2D eigenvalue weighted by Gasteiger charge is 2.22. The molecule has 0 unspecified atom stereocenters. The second kappa shape index (κ2) is 4.32. The number of hydrogen-bond donors (Lipinski definition) is 1.